The summed E-state index contributed by atoms with van der Waals surface area (Å²) < 4.78 is 0. The fourth-order valence-electron chi connectivity index (χ4n) is 2.51. The maximum Gasteiger partial charge on any atom is 0.224 e. The first-order valence-electron chi connectivity index (χ1n) is 6.69. The lowest BCUT2D eigenvalue weighted by Crippen LogP contribution is -2.43. The number of amides is 1. The highest BCUT2D eigenvalue weighted by atomic mass is 16.1. The first-order valence-corrected chi connectivity index (χ1v) is 6.69. The van der Waals surface area contributed by atoms with Gasteiger partial charge < -0.3 is 10.6 Å². The van der Waals surface area contributed by atoms with E-state index < -0.39 is 0 Å². The second kappa shape index (κ2) is 6.01. The average molecular weight is 246 g/mol. The molecule has 1 aliphatic heterocycles. The van der Waals surface area contributed by atoms with Gasteiger partial charge in [-0.15, -0.1) is 0 Å². The zero-order valence-electron chi connectivity index (χ0n) is 11.2. The molecule has 0 radical (unpaired) electrons. The second-order valence-corrected chi connectivity index (χ2v) is 5.40. The third-order valence-electron chi connectivity index (χ3n) is 3.49. The lowest BCUT2D eigenvalue weighted by atomic mass is 9.91. The van der Waals surface area contributed by atoms with Crippen LogP contribution in [0, 0.1) is 18.8 Å². The Balaban J connectivity index is 1.84. The maximum absolute atomic E-state index is 12.1. The summed E-state index contributed by atoms with van der Waals surface area (Å²) in [4.78, 5) is 12.1. The van der Waals surface area contributed by atoms with Crippen LogP contribution in [0.15, 0.2) is 24.3 Å². The molecular formula is C15H22N2O. The molecular weight excluding hydrogens is 224 g/mol. The van der Waals surface area contributed by atoms with Crippen LogP contribution >= 0.6 is 0 Å². The first kappa shape index (κ1) is 13.1. The molecule has 0 saturated carbocycles. The lowest BCUT2D eigenvalue weighted by molar-refractivity contribution is -0.126. The van der Waals surface area contributed by atoms with E-state index >= 15 is 0 Å². The fraction of sp³-hybridized carbons (Fsp3) is 0.533. The molecule has 1 fully saturated rings. The lowest BCUT2D eigenvalue weighted by Gasteiger charge is -2.26. The van der Waals surface area contributed by atoms with Crippen molar-refractivity contribution in [2.24, 2.45) is 11.8 Å². The molecule has 2 rings (SSSR count). The number of aryl methyl sites for hydroxylation is 1. The molecule has 18 heavy (non-hydrogen) atoms. The second-order valence-electron chi connectivity index (χ2n) is 5.40. The molecule has 1 amide bonds. The van der Waals surface area contributed by atoms with Crippen LogP contribution < -0.4 is 10.6 Å². The van der Waals surface area contributed by atoms with Crippen LogP contribution in [0.25, 0.3) is 0 Å². The minimum absolute atomic E-state index is 0.124. The maximum atomic E-state index is 12.1. The summed E-state index contributed by atoms with van der Waals surface area (Å²) in [5, 5.41) is 6.35. The average Bonchev–Trinajstić information content (AvgIpc) is 2.36. The van der Waals surface area contributed by atoms with E-state index in [9.17, 15) is 4.79 Å². The van der Waals surface area contributed by atoms with Crippen LogP contribution in [-0.4, -0.2) is 19.0 Å². The van der Waals surface area contributed by atoms with Gasteiger partial charge in [-0.3, -0.25) is 4.79 Å². The molecule has 3 heteroatoms. The Morgan fingerprint density at radius 1 is 1.44 bits per heavy atom. The SMILES string of the molecule is Cc1cccc(CNC(=O)C2CNCC(C)C2)c1. The molecule has 2 unspecified atom stereocenters. The van der Waals surface area contributed by atoms with Gasteiger partial charge >= 0.3 is 0 Å². The summed E-state index contributed by atoms with van der Waals surface area (Å²) in [5.41, 5.74) is 2.40. The molecule has 1 heterocycles. The van der Waals surface area contributed by atoms with Gasteiger partial charge in [-0.25, -0.2) is 0 Å². The predicted octanol–water partition coefficient (Wildman–Crippen LogP) is 1.86. The van der Waals surface area contributed by atoms with Crippen LogP contribution in [0.2, 0.25) is 0 Å². The van der Waals surface area contributed by atoms with E-state index in [4.69, 9.17) is 0 Å². The highest BCUT2D eigenvalue weighted by Crippen LogP contribution is 2.16. The monoisotopic (exact) mass is 246 g/mol. The molecule has 0 aromatic heterocycles. The Bertz CT molecular complexity index is 417. The fourth-order valence-corrected chi connectivity index (χ4v) is 2.51. The summed E-state index contributed by atoms with van der Waals surface area (Å²) in [6.45, 7) is 6.72. The molecule has 1 aromatic carbocycles. The van der Waals surface area contributed by atoms with Gasteiger partial charge in [0.2, 0.25) is 5.91 Å². The van der Waals surface area contributed by atoms with Gasteiger partial charge in [0, 0.05) is 13.1 Å². The molecule has 1 saturated heterocycles. The topological polar surface area (TPSA) is 41.1 Å². The summed E-state index contributed by atoms with van der Waals surface area (Å²) >= 11 is 0. The van der Waals surface area contributed by atoms with Crippen LogP contribution in [0.5, 0.6) is 0 Å². The van der Waals surface area contributed by atoms with E-state index in [1.807, 2.05) is 6.07 Å². The van der Waals surface area contributed by atoms with Crippen molar-refractivity contribution in [2.45, 2.75) is 26.8 Å². The Morgan fingerprint density at radius 2 is 2.28 bits per heavy atom. The smallest absolute Gasteiger partial charge is 0.224 e. The van der Waals surface area contributed by atoms with Crippen molar-refractivity contribution in [2.75, 3.05) is 13.1 Å². The van der Waals surface area contributed by atoms with E-state index in [-0.39, 0.29) is 11.8 Å². The number of rotatable bonds is 3. The predicted molar refractivity (Wildman–Crippen MR) is 73.2 cm³/mol. The number of carbonyl (C=O) groups is 1. The molecule has 98 valence electrons. The minimum atomic E-state index is 0.124. The number of nitrogens with one attached hydrogen (secondary N) is 2. The number of hydrogen-bond acceptors (Lipinski definition) is 2. The van der Waals surface area contributed by atoms with E-state index in [2.05, 4.69) is 42.7 Å². The van der Waals surface area contributed by atoms with Gasteiger partial charge in [-0.2, -0.15) is 0 Å². The van der Waals surface area contributed by atoms with E-state index in [0.717, 1.165) is 19.5 Å². The first-order chi connectivity index (χ1) is 8.65. The zero-order chi connectivity index (χ0) is 13.0. The molecule has 3 nitrogen and oxygen atoms in total. The van der Waals surface area contributed by atoms with Gasteiger partial charge in [0.1, 0.15) is 0 Å². The highest BCUT2D eigenvalue weighted by Gasteiger charge is 2.24. The van der Waals surface area contributed by atoms with Crippen molar-refractivity contribution < 1.29 is 4.79 Å². The third-order valence-corrected chi connectivity index (χ3v) is 3.49. The summed E-state index contributed by atoms with van der Waals surface area (Å²) in [6.07, 6.45) is 0.993. The molecule has 0 spiro atoms. The number of hydrogen-bond donors (Lipinski definition) is 2. The Hall–Kier alpha value is -1.35. The zero-order valence-corrected chi connectivity index (χ0v) is 11.2. The Morgan fingerprint density at radius 3 is 3.00 bits per heavy atom. The third kappa shape index (κ3) is 3.57. The van der Waals surface area contributed by atoms with Crippen molar-refractivity contribution in [3.63, 3.8) is 0 Å². The summed E-state index contributed by atoms with van der Waals surface area (Å²) in [5.74, 6) is 0.891. The number of carbonyl (C=O) groups excluding carboxylic acids is 1. The molecule has 1 aliphatic rings. The van der Waals surface area contributed by atoms with Gasteiger partial charge in [0.15, 0.2) is 0 Å². The van der Waals surface area contributed by atoms with E-state index in [1.54, 1.807) is 0 Å². The molecule has 0 aliphatic carbocycles. The van der Waals surface area contributed by atoms with Crippen molar-refractivity contribution in [3.05, 3.63) is 35.4 Å². The number of piperidine rings is 1. The van der Waals surface area contributed by atoms with Crippen molar-refractivity contribution >= 4 is 5.91 Å². The van der Waals surface area contributed by atoms with Crippen LogP contribution in [0.3, 0.4) is 0 Å². The molecule has 0 bridgehead atoms. The van der Waals surface area contributed by atoms with Crippen LogP contribution in [0.1, 0.15) is 24.5 Å². The molecule has 2 atom stereocenters. The molecule has 1 aromatic rings. The summed E-state index contributed by atoms with van der Waals surface area (Å²) in [7, 11) is 0. The summed E-state index contributed by atoms with van der Waals surface area (Å²) in [6, 6.07) is 8.26. The van der Waals surface area contributed by atoms with Gasteiger partial charge in [-0.1, -0.05) is 36.8 Å². The molecule has 2 N–H and O–H groups in total. The van der Waals surface area contributed by atoms with Crippen LogP contribution in [0.4, 0.5) is 0 Å². The highest BCUT2D eigenvalue weighted by molar-refractivity contribution is 5.79. The van der Waals surface area contributed by atoms with Crippen molar-refractivity contribution in [3.8, 4) is 0 Å². The van der Waals surface area contributed by atoms with Gasteiger partial charge in [0.05, 0.1) is 5.92 Å². The normalized spacial score (nSPS) is 23.7. The Kier molecular flexibility index (Phi) is 4.37. The van der Waals surface area contributed by atoms with E-state index in [1.165, 1.54) is 11.1 Å². The minimum Gasteiger partial charge on any atom is -0.352 e. The Labute approximate surface area is 109 Å². The van der Waals surface area contributed by atoms with E-state index in [0.29, 0.717) is 12.5 Å². The van der Waals surface area contributed by atoms with Gasteiger partial charge in [-0.05, 0) is 31.4 Å². The van der Waals surface area contributed by atoms with Crippen molar-refractivity contribution in [1.82, 2.24) is 10.6 Å². The quantitative estimate of drug-likeness (QED) is 0.854. The number of benzene rings is 1. The van der Waals surface area contributed by atoms with Gasteiger partial charge in [0.25, 0.3) is 0 Å². The van der Waals surface area contributed by atoms with Crippen LogP contribution in [-0.2, 0) is 11.3 Å². The van der Waals surface area contributed by atoms with Crippen molar-refractivity contribution in [1.29, 1.82) is 0 Å². The largest absolute Gasteiger partial charge is 0.352 e. The standard InChI is InChI=1S/C15H22N2O/c1-11-4-3-5-13(6-11)9-17-15(18)14-7-12(2)8-16-10-14/h3-6,12,14,16H,7-10H2,1-2H3,(H,17,18).